The largest absolute Gasteiger partial charge is 0.391 e. The zero-order chi connectivity index (χ0) is 11.3. The van der Waals surface area contributed by atoms with Crippen LogP contribution in [0.1, 0.15) is 23.6 Å². The Kier molecular flexibility index (Phi) is 4.79. The molecule has 84 valence electrons. The first-order valence-corrected chi connectivity index (χ1v) is 5.57. The molecule has 1 atom stereocenters. The Morgan fingerprint density at radius 3 is 2.33 bits per heavy atom. The SMILES string of the molecule is CCNCC(O)Cc1cc(C)cc(C)c1. The lowest BCUT2D eigenvalue weighted by Gasteiger charge is -2.12. The second-order valence-corrected chi connectivity index (χ2v) is 4.16. The van der Waals surface area contributed by atoms with Crippen LogP contribution in [-0.4, -0.2) is 24.3 Å². The van der Waals surface area contributed by atoms with Crippen molar-refractivity contribution < 1.29 is 5.11 Å². The van der Waals surface area contributed by atoms with Gasteiger partial charge in [-0.25, -0.2) is 0 Å². The number of aliphatic hydroxyl groups is 1. The van der Waals surface area contributed by atoms with Crippen molar-refractivity contribution in [1.82, 2.24) is 5.32 Å². The minimum Gasteiger partial charge on any atom is -0.391 e. The minimum atomic E-state index is -0.286. The molecule has 2 N–H and O–H groups in total. The van der Waals surface area contributed by atoms with Crippen LogP contribution in [0.25, 0.3) is 0 Å². The lowest BCUT2D eigenvalue weighted by atomic mass is 10.0. The summed E-state index contributed by atoms with van der Waals surface area (Å²) in [6, 6.07) is 6.44. The fourth-order valence-electron chi connectivity index (χ4n) is 1.84. The number of hydrogen-bond acceptors (Lipinski definition) is 2. The van der Waals surface area contributed by atoms with Gasteiger partial charge in [-0.05, 0) is 32.4 Å². The first-order chi connectivity index (χ1) is 7.11. The third-order valence-corrected chi connectivity index (χ3v) is 2.38. The lowest BCUT2D eigenvalue weighted by Crippen LogP contribution is -2.28. The summed E-state index contributed by atoms with van der Waals surface area (Å²) >= 11 is 0. The molecule has 1 unspecified atom stereocenters. The van der Waals surface area contributed by atoms with Crippen molar-refractivity contribution in [2.24, 2.45) is 0 Å². The van der Waals surface area contributed by atoms with Gasteiger partial charge < -0.3 is 10.4 Å². The summed E-state index contributed by atoms with van der Waals surface area (Å²) < 4.78 is 0. The molecule has 0 saturated heterocycles. The van der Waals surface area contributed by atoms with Crippen LogP contribution in [0, 0.1) is 13.8 Å². The monoisotopic (exact) mass is 207 g/mol. The highest BCUT2D eigenvalue weighted by molar-refractivity contribution is 5.28. The van der Waals surface area contributed by atoms with Crippen LogP contribution in [0.2, 0.25) is 0 Å². The van der Waals surface area contributed by atoms with Gasteiger partial charge in [0.05, 0.1) is 6.10 Å². The van der Waals surface area contributed by atoms with Gasteiger partial charge in [-0.2, -0.15) is 0 Å². The second-order valence-electron chi connectivity index (χ2n) is 4.16. The molecule has 0 aliphatic rings. The zero-order valence-electron chi connectivity index (χ0n) is 9.88. The number of rotatable bonds is 5. The first-order valence-electron chi connectivity index (χ1n) is 5.57. The fraction of sp³-hybridized carbons (Fsp3) is 0.538. The average Bonchev–Trinajstić information content (AvgIpc) is 2.13. The molecule has 2 nitrogen and oxygen atoms in total. The molecule has 1 rings (SSSR count). The third kappa shape index (κ3) is 4.45. The molecule has 0 bridgehead atoms. The molecule has 0 saturated carbocycles. The molecule has 1 aromatic carbocycles. The number of likely N-dealkylation sites (N-methyl/N-ethyl adjacent to an activating group) is 1. The van der Waals surface area contributed by atoms with E-state index in [2.05, 4.69) is 37.4 Å². The molecular formula is C13H21NO. The van der Waals surface area contributed by atoms with E-state index in [1.165, 1.54) is 16.7 Å². The molecule has 2 heteroatoms. The maximum atomic E-state index is 9.75. The molecule has 0 amide bonds. The van der Waals surface area contributed by atoms with Crippen molar-refractivity contribution in [2.75, 3.05) is 13.1 Å². The maximum absolute atomic E-state index is 9.75. The molecule has 0 radical (unpaired) electrons. The van der Waals surface area contributed by atoms with Crippen LogP contribution >= 0.6 is 0 Å². The van der Waals surface area contributed by atoms with E-state index >= 15 is 0 Å². The highest BCUT2D eigenvalue weighted by Gasteiger charge is 2.05. The third-order valence-electron chi connectivity index (χ3n) is 2.38. The average molecular weight is 207 g/mol. The van der Waals surface area contributed by atoms with E-state index in [0.717, 1.165) is 13.0 Å². The van der Waals surface area contributed by atoms with Gasteiger partial charge in [0.2, 0.25) is 0 Å². The van der Waals surface area contributed by atoms with E-state index < -0.39 is 0 Å². The molecule has 0 aliphatic heterocycles. The van der Waals surface area contributed by atoms with E-state index in [4.69, 9.17) is 0 Å². The van der Waals surface area contributed by atoms with E-state index in [1.807, 2.05) is 6.92 Å². The van der Waals surface area contributed by atoms with Gasteiger partial charge in [0.1, 0.15) is 0 Å². The number of aryl methyl sites for hydroxylation is 2. The summed E-state index contributed by atoms with van der Waals surface area (Å²) in [6.07, 6.45) is 0.446. The van der Waals surface area contributed by atoms with Gasteiger partial charge in [0.15, 0.2) is 0 Å². The van der Waals surface area contributed by atoms with Gasteiger partial charge >= 0.3 is 0 Å². The molecule has 1 aromatic rings. The summed E-state index contributed by atoms with van der Waals surface area (Å²) in [4.78, 5) is 0. The predicted octanol–water partition coefficient (Wildman–Crippen LogP) is 1.82. The van der Waals surface area contributed by atoms with Gasteiger partial charge in [0.25, 0.3) is 0 Å². The summed E-state index contributed by atoms with van der Waals surface area (Å²) in [6.45, 7) is 7.80. The predicted molar refractivity (Wildman–Crippen MR) is 64.2 cm³/mol. The summed E-state index contributed by atoms with van der Waals surface area (Å²) in [5.41, 5.74) is 3.75. The van der Waals surface area contributed by atoms with E-state index in [-0.39, 0.29) is 6.10 Å². The van der Waals surface area contributed by atoms with Crippen LogP contribution in [0.3, 0.4) is 0 Å². The standard InChI is InChI=1S/C13H21NO/c1-4-14-9-13(15)8-12-6-10(2)5-11(3)7-12/h5-7,13-15H,4,8-9H2,1-3H3. The Hall–Kier alpha value is -0.860. The van der Waals surface area contributed by atoms with E-state index in [0.29, 0.717) is 6.54 Å². The number of aliphatic hydroxyl groups excluding tert-OH is 1. The van der Waals surface area contributed by atoms with Crippen molar-refractivity contribution in [3.05, 3.63) is 34.9 Å². The highest BCUT2D eigenvalue weighted by Crippen LogP contribution is 2.10. The number of nitrogens with one attached hydrogen (secondary N) is 1. The smallest absolute Gasteiger partial charge is 0.0704 e. The Bertz CT molecular complexity index is 289. The fourth-order valence-corrected chi connectivity index (χ4v) is 1.84. The molecule has 0 fully saturated rings. The minimum absolute atomic E-state index is 0.286. The van der Waals surface area contributed by atoms with Gasteiger partial charge in [-0.15, -0.1) is 0 Å². The van der Waals surface area contributed by atoms with Gasteiger partial charge in [0, 0.05) is 6.54 Å². The highest BCUT2D eigenvalue weighted by atomic mass is 16.3. The van der Waals surface area contributed by atoms with Crippen LogP contribution in [-0.2, 0) is 6.42 Å². The van der Waals surface area contributed by atoms with Crippen LogP contribution in [0.5, 0.6) is 0 Å². The van der Waals surface area contributed by atoms with Crippen LogP contribution < -0.4 is 5.32 Å². The molecule has 0 aromatic heterocycles. The Morgan fingerprint density at radius 1 is 1.20 bits per heavy atom. The second kappa shape index (κ2) is 5.89. The Morgan fingerprint density at radius 2 is 1.80 bits per heavy atom. The summed E-state index contributed by atoms with van der Waals surface area (Å²) in [7, 11) is 0. The summed E-state index contributed by atoms with van der Waals surface area (Å²) in [5, 5.41) is 12.9. The molecule has 15 heavy (non-hydrogen) atoms. The topological polar surface area (TPSA) is 32.3 Å². The first kappa shape index (κ1) is 12.2. The molecule has 0 heterocycles. The van der Waals surface area contributed by atoms with Crippen LogP contribution in [0.4, 0.5) is 0 Å². The van der Waals surface area contributed by atoms with Crippen LogP contribution in [0.15, 0.2) is 18.2 Å². The number of hydrogen-bond donors (Lipinski definition) is 2. The Balaban J connectivity index is 2.56. The lowest BCUT2D eigenvalue weighted by molar-refractivity contribution is 0.172. The van der Waals surface area contributed by atoms with Gasteiger partial charge in [-0.1, -0.05) is 36.2 Å². The maximum Gasteiger partial charge on any atom is 0.0704 e. The normalized spacial score (nSPS) is 12.8. The quantitative estimate of drug-likeness (QED) is 0.772. The zero-order valence-corrected chi connectivity index (χ0v) is 9.88. The van der Waals surface area contributed by atoms with Crippen molar-refractivity contribution in [1.29, 1.82) is 0 Å². The van der Waals surface area contributed by atoms with E-state index in [9.17, 15) is 5.11 Å². The molecule has 0 aliphatic carbocycles. The Labute approximate surface area is 92.3 Å². The van der Waals surface area contributed by atoms with Crippen molar-refractivity contribution in [3.63, 3.8) is 0 Å². The van der Waals surface area contributed by atoms with E-state index in [1.54, 1.807) is 0 Å². The number of benzene rings is 1. The van der Waals surface area contributed by atoms with Gasteiger partial charge in [-0.3, -0.25) is 0 Å². The van der Waals surface area contributed by atoms with Crippen molar-refractivity contribution in [3.8, 4) is 0 Å². The summed E-state index contributed by atoms with van der Waals surface area (Å²) in [5.74, 6) is 0. The molecular weight excluding hydrogens is 186 g/mol. The molecule has 0 spiro atoms. The van der Waals surface area contributed by atoms with Crippen molar-refractivity contribution >= 4 is 0 Å². The van der Waals surface area contributed by atoms with Crippen molar-refractivity contribution in [2.45, 2.75) is 33.3 Å².